The van der Waals surface area contributed by atoms with E-state index >= 15 is 0 Å². The minimum absolute atomic E-state index is 0.732. The lowest BCUT2D eigenvalue weighted by atomic mass is 10.1. The molecule has 0 amide bonds. The third-order valence-corrected chi connectivity index (χ3v) is 3.43. The van der Waals surface area contributed by atoms with Crippen LogP contribution in [0.1, 0.15) is 30.4 Å². The normalized spacial score (nSPS) is 15.1. The van der Waals surface area contributed by atoms with Gasteiger partial charge in [-0.3, -0.25) is 0 Å². The summed E-state index contributed by atoms with van der Waals surface area (Å²) in [7, 11) is 4.19. The summed E-state index contributed by atoms with van der Waals surface area (Å²) in [6.45, 7) is 3.63. The van der Waals surface area contributed by atoms with Gasteiger partial charge in [-0.1, -0.05) is 24.3 Å². The molecule has 0 radical (unpaired) electrons. The molecule has 1 aliphatic carbocycles. The molecule has 0 bridgehead atoms. The fourth-order valence-electron chi connectivity index (χ4n) is 2.08. The van der Waals surface area contributed by atoms with Crippen molar-refractivity contribution in [3.05, 3.63) is 35.4 Å². The lowest BCUT2D eigenvalue weighted by Gasteiger charge is -2.12. The topological polar surface area (TPSA) is 24.5 Å². The second kappa shape index (κ2) is 7.63. The third-order valence-electron chi connectivity index (χ3n) is 3.43. The molecule has 3 heteroatoms. The Kier molecular flexibility index (Phi) is 5.83. The predicted octanol–water partition coefficient (Wildman–Crippen LogP) is 2.41. The van der Waals surface area contributed by atoms with E-state index in [4.69, 9.17) is 4.74 Å². The zero-order chi connectivity index (χ0) is 13.5. The van der Waals surface area contributed by atoms with E-state index in [0.29, 0.717) is 0 Å². The van der Waals surface area contributed by atoms with Crippen molar-refractivity contribution in [3.8, 4) is 0 Å². The van der Waals surface area contributed by atoms with Crippen LogP contribution in [0.2, 0.25) is 0 Å². The van der Waals surface area contributed by atoms with Crippen LogP contribution in [0.15, 0.2) is 24.3 Å². The smallest absolute Gasteiger partial charge is 0.0720 e. The Morgan fingerprint density at radius 2 is 1.95 bits per heavy atom. The van der Waals surface area contributed by atoms with Crippen LogP contribution < -0.4 is 5.32 Å². The molecule has 1 saturated carbocycles. The van der Waals surface area contributed by atoms with Crippen molar-refractivity contribution in [1.29, 1.82) is 0 Å². The largest absolute Gasteiger partial charge is 0.377 e. The van der Waals surface area contributed by atoms with E-state index in [9.17, 15) is 0 Å². The standard InChI is InChI=1S/C16H26N2O/c1-18(2)10-5-11-19-13-15-7-4-3-6-14(15)12-17-16-8-9-16/h3-4,6-7,16-17H,5,8-13H2,1-2H3. The zero-order valence-corrected chi connectivity index (χ0v) is 12.2. The lowest BCUT2D eigenvalue weighted by Crippen LogP contribution is -2.17. The summed E-state index contributed by atoms with van der Waals surface area (Å²) in [6, 6.07) is 9.34. The lowest BCUT2D eigenvalue weighted by molar-refractivity contribution is 0.112. The summed E-state index contributed by atoms with van der Waals surface area (Å²) in [6.07, 6.45) is 3.77. The molecule has 1 aromatic carbocycles. The number of hydrogen-bond acceptors (Lipinski definition) is 3. The molecule has 19 heavy (non-hydrogen) atoms. The third kappa shape index (κ3) is 5.72. The molecule has 0 unspecified atom stereocenters. The Morgan fingerprint density at radius 1 is 1.21 bits per heavy atom. The maximum atomic E-state index is 5.78. The van der Waals surface area contributed by atoms with E-state index in [1.54, 1.807) is 0 Å². The van der Waals surface area contributed by atoms with E-state index in [1.165, 1.54) is 24.0 Å². The highest BCUT2D eigenvalue weighted by molar-refractivity contribution is 5.26. The van der Waals surface area contributed by atoms with Crippen molar-refractivity contribution in [2.24, 2.45) is 0 Å². The number of benzene rings is 1. The fourth-order valence-corrected chi connectivity index (χ4v) is 2.08. The van der Waals surface area contributed by atoms with Gasteiger partial charge in [0.05, 0.1) is 6.61 Å². The van der Waals surface area contributed by atoms with Crippen molar-refractivity contribution < 1.29 is 4.74 Å². The van der Waals surface area contributed by atoms with E-state index in [-0.39, 0.29) is 0 Å². The van der Waals surface area contributed by atoms with Crippen molar-refractivity contribution in [1.82, 2.24) is 10.2 Å². The van der Waals surface area contributed by atoms with Crippen LogP contribution in [0.5, 0.6) is 0 Å². The first-order chi connectivity index (χ1) is 9.25. The van der Waals surface area contributed by atoms with E-state index in [0.717, 1.165) is 38.8 Å². The van der Waals surface area contributed by atoms with Crippen molar-refractivity contribution >= 4 is 0 Å². The van der Waals surface area contributed by atoms with Crippen LogP contribution in [-0.4, -0.2) is 38.2 Å². The Labute approximate surface area is 116 Å². The fraction of sp³-hybridized carbons (Fsp3) is 0.625. The molecular formula is C16H26N2O. The summed E-state index contributed by atoms with van der Waals surface area (Å²) in [4.78, 5) is 2.19. The highest BCUT2D eigenvalue weighted by Gasteiger charge is 2.20. The van der Waals surface area contributed by atoms with Gasteiger partial charge in [-0.2, -0.15) is 0 Å². The molecule has 3 nitrogen and oxygen atoms in total. The number of hydrogen-bond donors (Lipinski definition) is 1. The Balaban J connectivity index is 1.71. The maximum absolute atomic E-state index is 5.78. The highest BCUT2D eigenvalue weighted by Crippen LogP contribution is 2.20. The van der Waals surface area contributed by atoms with Crippen LogP contribution in [0.4, 0.5) is 0 Å². The first-order valence-electron chi connectivity index (χ1n) is 7.28. The van der Waals surface area contributed by atoms with Crippen molar-refractivity contribution in [2.75, 3.05) is 27.2 Å². The Bertz CT molecular complexity index is 375. The molecule has 0 saturated heterocycles. The Morgan fingerprint density at radius 3 is 2.63 bits per heavy atom. The molecule has 1 fully saturated rings. The molecule has 0 aliphatic heterocycles. The second-order valence-electron chi connectivity index (χ2n) is 5.63. The van der Waals surface area contributed by atoms with Gasteiger partial charge in [0, 0.05) is 19.2 Å². The molecule has 2 rings (SSSR count). The number of rotatable bonds is 9. The molecule has 1 aliphatic rings. The van der Waals surface area contributed by atoms with Crippen LogP contribution in [0.25, 0.3) is 0 Å². The monoisotopic (exact) mass is 262 g/mol. The minimum atomic E-state index is 0.732. The molecule has 0 aromatic heterocycles. The van der Waals surface area contributed by atoms with E-state index in [2.05, 4.69) is 48.6 Å². The summed E-state index contributed by atoms with van der Waals surface area (Å²) in [5.41, 5.74) is 2.70. The van der Waals surface area contributed by atoms with Gasteiger partial charge in [0.2, 0.25) is 0 Å². The van der Waals surface area contributed by atoms with E-state index in [1.807, 2.05) is 0 Å². The zero-order valence-electron chi connectivity index (χ0n) is 12.2. The summed E-state index contributed by atoms with van der Waals surface area (Å²) in [5.74, 6) is 0. The number of ether oxygens (including phenoxy) is 1. The van der Waals surface area contributed by atoms with Gasteiger partial charge in [0.15, 0.2) is 0 Å². The molecular weight excluding hydrogens is 236 g/mol. The van der Waals surface area contributed by atoms with Gasteiger partial charge >= 0.3 is 0 Å². The van der Waals surface area contributed by atoms with Crippen LogP contribution in [-0.2, 0) is 17.9 Å². The van der Waals surface area contributed by atoms with Gasteiger partial charge in [0.1, 0.15) is 0 Å². The molecule has 1 N–H and O–H groups in total. The highest BCUT2D eigenvalue weighted by atomic mass is 16.5. The first kappa shape index (κ1) is 14.5. The first-order valence-corrected chi connectivity index (χ1v) is 7.28. The molecule has 0 spiro atoms. The Hall–Kier alpha value is -0.900. The minimum Gasteiger partial charge on any atom is -0.377 e. The van der Waals surface area contributed by atoms with Gasteiger partial charge < -0.3 is 15.0 Å². The van der Waals surface area contributed by atoms with Crippen LogP contribution in [0, 0.1) is 0 Å². The maximum Gasteiger partial charge on any atom is 0.0720 e. The van der Waals surface area contributed by atoms with Gasteiger partial charge in [0.25, 0.3) is 0 Å². The van der Waals surface area contributed by atoms with Crippen molar-refractivity contribution in [3.63, 3.8) is 0 Å². The molecule has 1 aromatic rings. The van der Waals surface area contributed by atoms with Gasteiger partial charge in [-0.15, -0.1) is 0 Å². The van der Waals surface area contributed by atoms with Gasteiger partial charge in [-0.05, 0) is 51.0 Å². The summed E-state index contributed by atoms with van der Waals surface area (Å²) < 4.78 is 5.78. The SMILES string of the molecule is CN(C)CCCOCc1ccccc1CNC1CC1. The average Bonchev–Trinajstić information content (AvgIpc) is 3.21. The molecule has 106 valence electrons. The summed E-state index contributed by atoms with van der Waals surface area (Å²) in [5, 5.41) is 3.57. The van der Waals surface area contributed by atoms with Gasteiger partial charge in [-0.25, -0.2) is 0 Å². The number of nitrogens with zero attached hydrogens (tertiary/aromatic N) is 1. The van der Waals surface area contributed by atoms with Crippen LogP contribution in [0.3, 0.4) is 0 Å². The molecule has 0 atom stereocenters. The summed E-state index contributed by atoms with van der Waals surface area (Å²) >= 11 is 0. The van der Waals surface area contributed by atoms with E-state index < -0.39 is 0 Å². The quantitative estimate of drug-likeness (QED) is 0.692. The second-order valence-corrected chi connectivity index (χ2v) is 5.63. The number of nitrogens with one attached hydrogen (secondary N) is 1. The average molecular weight is 262 g/mol. The van der Waals surface area contributed by atoms with Crippen molar-refractivity contribution in [2.45, 2.75) is 38.5 Å². The van der Waals surface area contributed by atoms with Crippen LogP contribution >= 0.6 is 0 Å². The predicted molar refractivity (Wildman–Crippen MR) is 79.1 cm³/mol. The molecule has 0 heterocycles.